The van der Waals surface area contributed by atoms with E-state index >= 15 is 0 Å². The number of cyclic esters (lactones) is 1. The number of hydrogen-bond donors (Lipinski definition) is 1. The van der Waals surface area contributed by atoms with Gasteiger partial charge >= 0.3 is 5.97 Å². The molecule has 0 unspecified atom stereocenters. The SMILES string of the molecule is CC1=C(O)/C(=C/[C@H](C)CC/C=C(\C)CCCc2coc(Cc3ccoc3)c2)OC1=O. The summed E-state index contributed by atoms with van der Waals surface area (Å²) < 4.78 is 15.8. The van der Waals surface area contributed by atoms with Gasteiger partial charge < -0.3 is 18.7 Å². The van der Waals surface area contributed by atoms with Crippen molar-refractivity contribution in [2.45, 2.75) is 59.3 Å². The molecule has 3 rings (SSSR count). The van der Waals surface area contributed by atoms with E-state index in [1.807, 2.05) is 18.4 Å². The van der Waals surface area contributed by atoms with E-state index in [-0.39, 0.29) is 23.0 Å². The predicted octanol–water partition coefficient (Wildman–Crippen LogP) is 6.42. The van der Waals surface area contributed by atoms with Crippen molar-refractivity contribution >= 4 is 5.97 Å². The molecule has 1 aliphatic heterocycles. The summed E-state index contributed by atoms with van der Waals surface area (Å²) in [5.74, 6) is 0.965. The highest BCUT2D eigenvalue weighted by atomic mass is 16.6. The molecule has 0 amide bonds. The zero-order valence-electron chi connectivity index (χ0n) is 17.9. The predicted molar refractivity (Wildman–Crippen MR) is 115 cm³/mol. The van der Waals surface area contributed by atoms with Crippen LogP contribution < -0.4 is 0 Å². The summed E-state index contributed by atoms with van der Waals surface area (Å²) in [5.41, 5.74) is 4.00. The first kappa shape index (κ1) is 21.8. The summed E-state index contributed by atoms with van der Waals surface area (Å²) in [5, 5.41) is 9.89. The van der Waals surface area contributed by atoms with Crippen molar-refractivity contribution < 1.29 is 23.5 Å². The third-order valence-electron chi connectivity index (χ3n) is 5.35. The number of carbonyl (C=O) groups is 1. The summed E-state index contributed by atoms with van der Waals surface area (Å²) in [6.07, 6.45) is 15.2. The van der Waals surface area contributed by atoms with Gasteiger partial charge in [0.1, 0.15) is 5.76 Å². The molecule has 0 saturated heterocycles. The van der Waals surface area contributed by atoms with Gasteiger partial charge in [-0.15, -0.1) is 0 Å². The summed E-state index contributed by atoms with van der Waals surface area (Å²) in [4.78, 5) is 11.5. The van der Waals surface area contributed by atoms with Crippen molar-refractivity contribution in [3.8, 4) is 0 Å². The van der Waals surface area contributed by atoms with Gasteiger partial charge in [-0.3, -0.25) is 0 Å². The Balaban J connectivity index is 1.37. The van der Waals surface area contributed by atoms with Crippen LogP contribution in [0.15, 0.2) is 74.6 Å². The molecule has 1 atom stereocenters. The van der Waals surface area contributed by atoms with Crippen molar-refractivity contribution in [1.29, 1.82) is 0 Å². The van der Waals surface area contributed by atoms with Gasteiger partial charge in [-0.1, -0.05) is 18.6 Å². The molecular formula is C25H30O5. The van der Waals surface area contributed by atoms with Crippen LogP contribution in [0.2, 0.25) is 0 Å². The number of aliphatic hydroxyl groups excluding tert-OH is 1. The largest absolute Gasteiger partial charge is 0.504 e. The maximum absolute atomic E-state index is 11.5. The highest BCUT2D eigenvalue weighted by Crippen LogP contribution is 2.26. The van der Waals surface area contributed by atoms with Crippen LogP contribution in [-0.4, -0.2) is 11.1 Å². The molecule has 3 heterocycles. The van der Waals surface area contributed by atoms with E-state index in [1.54, 1.807) is 19.5 Å². The highest BCUT2D eigenvalue weighted by molar-refractivity contribution is 5.93. The first-order valence-corrected chi connectivity index (χ1v) is 10.5. The lowest BCUT2D eigenvalue weighted by Crippen LogP contribution is -1.97. The number of allylic oxidation sites excluding steroid dienone is 3. The topological polar surface area (TPSA) is 72.8 Å². The molecule has 0 saturated carbocycles. The van der Waals surface area contributed by atoms with Crippen molar-refractivity contribution in [1.82, 2.24) is 0 Å². The van der Waals surface area contributed by atoms with E-state index < -0.39 is 5.97 Å². The smallest absolute Gasteiger partial charge is 0.343 e. The minimum absolute atomic E-state index is 0.0363. The summed E-state index contributed by atoms with van der Waals surface area (Å²) in [6.45, 7) is 5.80. The zero-order chi connectivity index (χ0) is 21.5. The van der Waals surface area contributed by atoms with Crippen LogP contribution in [0.4, 0.5) is 0 Å². The van der Waals surface area contributed by atoms with Gasteiger partial charge in [0.05, 0.1) is 24.4 Å². The Morgan fingerprint density at radius 1 is 1.27 bits per heavy atom. The quantitative estimate of drug-likeness (QED) is 0.361. The summed E-state index contributed by atoms with van der Waals surface area (Å²) >= 11 is 0. The Hall–Kier alpha value is -2.95. The lowest BCUT2D eigenvalue weighted by atomic mass is 10.0. The fourth-order valence-corrected chi connectivity index (χ4v) is 3.47. The fourth-order valence-electron chi connectivity index (χ4n) is 3.47. The van der Waals surface area contributed by atoms with E-state index in [9.17, 15) is 9.90 Å². The number of furan rings is 2. The lowest BCUT2D eigenvalue weighted by molar-refractivity contribution is -0.133. The average Bonchev–Trinajstić information content (AvgIpc) is 3.43. The number of ether oxygens (including phenoxy) is 1. The monoisotopic (exact) mass is 410 g/mol. The first-order chi connectivity index (χ1) is 14.4. The third-order valence-corrected chi connectivity index (χ3v) is 5.35. The second kappa shape index (κ2) is 10.2. The van der Waals surface area contributed by atoms with E-state index in [0.29, 0.717) is 0 Å². The molecule has 0 spiro atoms. The molecule has 0 fully saturated rings. The standard InChI is InChI=1S/C25H30O5/c1-17(6-4-8-18(2)12-23-24(26)19(3)25(27)30-23)7-5-9-20-13-22(29-16-20)14-21-10-11-28-15-21/h6,10-13,15-16,18,26H,4-5,7-9,14H2,1-3H3/b17-6+,23-12-/t18-/m1/s1. The average molecular weight is 411 g/mol. The van der Waals surface area contributed by atoms with E-state index in [1.165, 1.54) is 11.1 Å². The van der Waals surface area contributed by atoms with E-state index in [4.69, 9.17) is 13.6 Å². The van der Waals surface area contributed by atoms with Crippen LogP contribution in [0.25, 0.3) is 0 Å². The molecule has 0 aromatic carbocycles. The second-order valence-corrected chi connectivity index (χ2v) is 8.08. The third kappa shape index (κ3) is 6.02. The lowest BCUT2D eigenvalue weighted by Gasteiger charge is -2.07. The molecule has 5 nitrogen and oxygen atoms in total. The van der Waals surface area contributed by atoms with Crippen LogP contribution in [0.1, 0.15) is 63.3 Å². The minimum Gasteiger partial charge on any atom is -0.504 e. The van der Waals surface area contributed by atoms with Gasteiger partial charge in [0.15, 0.2) is 11.5 Å². The van der Waals surface area contributed by atoms with Crippen molar-refractivity contribution in [2.24, 2.45) is 5.92 Å². The van der Waals surface area contributed by atoms with Crippen LogP contribution in [0.5, 0.6) is 0 Å². The highest BCUT2D eigenvalue weighted by Gasteiger charge is 2.26. The zero-order valence-corrected chi connectivity index (χ0v) is 17.9. The van der Waals surface area contributed by atoms with Gasteiger partial charge in [0.25, 0.3) is 0 Å². The summed E-state index contributed by atoms with van der Waals surface area (Å²) in [6, 6.07) is 4.08. The maximum Gasteiger partial charge on any atom is 0.343 e. The first-order valence-electron chi connectivity index (χ1n) is 10.5. The Kier molecular flexibility index (Phi) is 7.39. The number of aliphatic hydroxyl groups is 1. The molecule has 1 aliphatic rings. The number of rotatable bonds is 10. The molecule has 2 aromatic rings. The van der Waals surface area contributed by atoms with Gasteiger partial charge in [0, 0.05) is 6.42 Å². The Bertz CT molecular complexity index is 940. The van der Waals surface area contributed by atoms with Gasteiger partial charge in [-0.25, -0.2) is 4.79 Å². The molecule has 0 aliphatic carbocycles. The van der Waals surface area contributed by atoms with Gasteiger partial charge in [-0.2, -0.15) is 0 Å². The number of carbonyl (C=O) groups excluding carboxylic acids is 1. The van der Waals surface area contributed by atoms with Gasteiger partial charge in [0.2, 0.25) is 0 Å². The molecule has 0 radical (unpaired) electrons. The molecule has 30 heavy (non-hydrogen) atoms. The van der Waals surface area contributed by atoms with Crippen LogP contribution in [0, 0.1) is 5.92 Å². The fraction of sp³-hybridized carbons (Fsp3) is 0.400. The van der Waals surface area contributed by atoms with Crippen LogP contribution in [-0.2, 0) is 22.4 Å². The minimum atomic E-state index is -0.465. The number of aryl methyl sites for hydroxylation is 1. The normalized spacial score (nSPS) is 17.1. The van der Waals surface area contributed by atoms with Crippen molar-refractivity contribution in [2.75, 3.05) is 0 Å². The molecule has 5 heteroatoms. The second-order valence-electron chi connectivity index (χ2n) is 8.08. The Labute approximate surface area is 177 Å². The maximum atomic E-state index is 11.5. The van der Waals surface area contributed by atoms with Crippen LogP contribution in [0.3, 0.4) is 0 Å². The van der Waals surface area contributed by atoms with Crippen molar-refractivity contribution in [3.05, 3.63) is 82.6 Å². The van der Waals surface area contributed by atoms with Crippen molar-refractivity contribution in [3.63, 3.8) is 0 Å². The van der Waals surface area contributed by atoms with E-state index in [2.05, 4.69) is 26.0 Å². The van der Waals surface area contributed by atoms with Crippen LogP contribution >= 0.6 is 0 Å². The molecule has 2 aromatic heterocycles. The molecule has 160 valence electrons. The summed E-state index contributed by atoms with van der Waals surface area (Å²) in [7, 11) is 0. The molecular weight excluding hydrogens is 380 g/mol. The van der Waals surface area contributed by atoms with E-state index in [0.717, 1.165) is 49.8 Å². The number of hydrogen-bond acceptors (Lipinski definition) is 5. The number of esters is 1. The molecule has 1 N–H and O–H groups in total. The Morgan fingerprint density at radius 2 is 2.10 bits per heavy atom. The molecule has 0 bridgehead atoms. The van der Waals surface area contributed by atoms with Gasteiger partial charge in [-0.05, 0) is 81.2 Å². The Morgan fingerprint density at radius 3 is 2.80 bits per heavy atom.